The Morgan fingerprint density at radius 1 is 1.06 bits per heavy atom. The first kappa shape index (κ1) is 22.6. The lowest BCUT2D eigenvalue weighted by atomic mass is 10.1. The summed E-state index contributed by atoms with van der Waals surface area (Å²) in [6.45, 7) is 2.87. The number of hydrogen-bond acceptors (Lipinski definition) is 7. The first-order chi connectivity index (χ1) is 15.7. The molecule has 2 aliphatic rings. The van der Waals surface area contributed by atoms with Gasteiger partial charge in [-0.3, -0.25) is 19.8 Å². The third kappa shape index (κ3) is 5.28. The van der Waals surface area contributed by atoms with Gasteiger partial charge in [0.25, 0.3) is 5.69 Å². The summed E-state index contributed by atoms with van der Waals surface area (Å²) in [5.41, 5.74) is -0.922. The van der Waals surface area contributed by atoms with Gasteiger partial charge in [-0.2, -0.15) is 13.2 Å². The number of ether oxygens (including phenoxy) is 2. The van der Waals surface area contributed by atoms with Crippen molar-refractivity contribution in [3.8, 4) is 11.5 Å². The zero-order valence-electron chi connectivity index (χ0n) is 17.4. The first-order valence-corrected chi connectivity index (χ1v) is 10.2. The fraction of sp³-hybridized carbons (Fsp3) is 0.381. The molecule has 0 unspecified atom stereocenters. The molecule has 0 atom stereocenters. The normalized spacial score (nSPS) is 16.0. The summed E-state index contributed by atoms with van der Waals surface area (Å²) in [6.07, 6.45) is -4.70. The molecule has 1 N–H and O–H groups in total. The molecule has 33 heavy (non-hydrogen) atoms. The van der Waals surface area contributed by atoms with Gasteiger partial charge in [-0.25, -0.2) is 0 Å². The summed E-state index contributed by atoms with van der Waals surface area (Å²) in [5, 5.41) is 13.8. The van der Waals surface area contributed by atoms with Gasteiger partial charge >= 0.3 is 6.18 Å². The van der Waals surface area contributed by atoms with Crippen molar-refractivity contribution in [1.29, 1.82) is 0 Å². The van der Waals surface area contributed by atoms with Crippen molar-refractivity contribution in [2.75, 3.05) is 44.8 Å². The molecule has 2 aliphatic heterocycles. The molecule has 2 aromatic carbocycles. The summed E-state index contributed by atoms with van der Waals surface area (Å²) in [5.74, 6) is 1.15. The van der Waals surface area contributed by atoms with E-state index in [9.17, 15) is 28.1 Å². The summed E-state index contributed by atoms with van der Waals surface area (Å²) in [6, 6.07) is 7.93. The minimum atomic E-state index is -4.70. The lowest BCUT2D eigenvalue weighted by molar-refractivity contribution is -0.384. The average Bonchev–Trinajstić information content (AvgIpc) is 3.25. The van der Waals surface area contributed by atoms with E-state index in [1.807, 2.05) is 18.2 Å². The van der Waals surface area contributed by atoms with Crippen LogP contribution < -0.4 is 14.8 Å². The third-order valence-electron chi connectivity index (χ3n) is 5.52. The van der Waals surface area contributed by atoms with Crippen LogP contribution in [0, 0.1) is 10.1 Å². The number of rotatable bonds is 6. The molecule has 1 fully saturated rings. The Morgan fingerprint density at radius 2 is 1.79 bits per heavy atom. The van der Waals surface area contributed by atoms with Crippen molar-refractivity contribution in [2.45, 2.75) is 12.7 Å². The second-order valence-electron chi connectivity index (χ2n) is 7.68. The van der Waals surface area contributed by atoms with Crippen LogP contribution in [0.1, 0.15) is 11.1 Å². The summed E-state index contributed by atoms with van der Waals surface area (Å²) in [4.78, 5) is 26.6. The number of amides is 1. The van der Waals surface area contributed by atoms with Crippen molar-refractivity contribution >= 4 is 17.3 Å². The van der Waals surface area contributed by atoms with Crippen molar-refractivity contribution in [1.82, 2.24) is 9.80 Å². The van der Waals surface area contributed by atoms with E-state index in [4.69, 9.17) is 9.47 Å². The number of benzene rings is 2. The topological polar surface area (TPSA) is 97.2 Å². The van der Waals surface area contributed by atoms with Crippen molar-refractivity contribution in [3.63, 3.8) is 0 Å². The minimum Gasteiger partial charge on any atom is -0.454 e. The highest BCUT2D eigenvalue weighted by Gasteiger charge is 2.33. The molecule has 12 heteroatoms. The number of nitro benzene ring substituents is 1. The van der Waals surface area contributed by atoms with E-state index in [1.54, 1.807) is 4.90 Å². The zero-order chi connectivity index (χ0) is 23.6. The van der Waals surface area contributed by atoms with Crippen LogP contribution in [0.15, 0.2) is 36.4 Å². The molecule has 1 amide bonds. The molecule has 0 aromatic heterocycles. The number of fused-ring (bicyclic) bond motifs is 1. The Morgan fingerprint density at radius 3 is 2.48 bits per heavy atom. The van der Waals surface area contributed by atoms with Gasteiger partial charge in [-0.15, -0.1) is 0 Å². The summed E-state index contributed by atoms with van der Waals surface area (Å²) >= 11 is 0. The van der Waals surface area contributed by atoms with Crippen molar-refractivity contribution in [2.24, 2.45) is 0 Å². The zero-order valence-corrected chi connectivity index (χ0v) is 17.4. The standard InChI is InChI=1S/C21H21F3N4O5/c22-21(23,24)15-2-3-16(17(10-15)28(30)31)25-11-20(29)27-7-5-26(6-8-27)12-14-1-4-18-19(9-14)33-13-32-18/h1-4,9-10,25H,5-8,11-13H2. The Balaban J connectivity index is 1.29. The Kier molecular flexibility index (Phi) is 6.27. The molecule has 2 aromatic rings. The van der Waals surface area contributed by atoms with E-state index < -0.39 is 22.4 Å². The number of alkyl halides is 3. The predicted octanol–water partition coefficient (Wildman–Crippen LogP) is 3.10. The molecule has 0 bridgehead atoms. The van der Waals surface area contributed by atoms with Crippen molar-refractivity contribution < 1.29 is 32.4 Å². The number of nitrogens with zero attached hydrogens (tertiary/aromatic N) is 3. The fourth-order valence-corrected chi connectivity index (χ4v) is 3.74. The molecule has 0 saturated carbocycles. The summed E-state index contributed by atoms with van der Waals surface area (Å²) < 4.78 is 49.2. The maximum Gasteiger partial charge on any atom is 0.416 e. The number of nitro groups is 1. The number of halogens is 3. The molecule has 176 valence electrons. The number of hydrogen-bond donors (Lipinski definition) is 1. The number of anilines is 1. The minimum absolute atomic E-state index is 0.136. The predicted molar refractivity (Wildman–Crippen MR) is 111 cm³/mol. The fourth-order valence-electron chi connectivity index (χ4n) is 3.74. The van der Waals surface area contributed by atoms with Gasteiger partial charge in [-0.1, -0.05) is 6.07 Å². The largest absolute Gasteiger partial charge is 0.454 e. The molecule has 0 spiro atoms. The molecule has 1 saturated heterocycles. The van der Waals surface area contributed by atoms with E-state index in [2.05, 4.69) is 10.2 Å². The number of carbonyl (C=O) groups excluding carboxylic acids is 1. The number of piperazine rings is 1. The molecule has 0 radical (unpaired) electrons. The van der Waals surface area contributed by atoms with Gasteiger partial charge in [-0.05, 0) is 29.8 Å². The monoisotopic (exact) mass is 466 g/mol. The molecular weight excluding hydrogens is 445 g/mol. The molecule has 0 aliphatic carbocycles. The second-order valence-corrected chi connectivity index (χ2v) is 7.68. The van der Waals surface area contributed by atoms with Gasteiger partial charge in [0.05, 0.1) is 17.0 Å². The lowest BCUT2D eigenvalue weighted by Crippen LogP contribution is -2.49. The van der Waals surface area contributed by atoms with E-state index in [0.717, 1.165) is 23.4 Å². The Hall–Kier alpha value is -3.54. The van der Waals surface area contributed by atoms with Crippen LogP contribution >= 0.6 is 0 Å². The number of nitrogens with one attached hydrogen (secondary N) is 1. The molecular formula is C21H21F3N4O5. The maximum absolute atomic E-state index is 12.8. The molecule has 9 nitrogen and oxygen atoms in total. The Labute approximate surface area is 186 Å². The van der Waals surface area contributed by atoms with E-state index >= 15 is 0 Å². The highest BCUT2D eigenvalue weighted by molar-refractivity contribution is 5.82. The first-order valence-electron chi connectivity index (χ1n) is 10.2. The van der Waals surface area contributed by atoms with Gasteiger partial charge in [0.2, 0.25) is 12.7 Å². The SMILES string of the molecule is O=C(CNc1ccc(C(F)(F)F)cc1[N+](=O)[O-])N1CCN(Cc2ccc3c(c2)OCO3)CC1. The third-order valence-corrected chi connectivity index (χ3v) is 5.52. The van der Waals surface area contributed by atoms with Gasteiger partial charge in [0.1, 0.15) is 5.69 Å². The summed E-state index contributed by atoms with van der Waals surface area (Å²) in [7, 11) is 0. The van der Waals surface area contributed by atoms with E-state index in [1.165, 1.54) is 0 Å². The second kappa shape index (κ2) is 9.14. The van der Waals surface area contributed by atoms with Crippen LogP contribution in [0.25, 0.3) is 0 Å². The maximum atomic E-state index is 12.8. The van der Waals surface area contributed by atoms with Crippen LogP contribution in [-0.4, -0.2) is 60.1 Å². The smallest absolute Gasteiger partial charge is 0.416 e. The van der Waals surface area contributed by atoms with E-state index in [0.29, 0.717) is 44.5 Å². The van der Waals surface area contributed by atoms with E-state index in [-0.39, 0.29) is 24.9 Å². The van der Waals surface area contributed by atoms with Crippen LogP contribution in [0.2, 0.25) is 0 Å². The highest BCUT2D eigenvalue weighted by Crippen LogP contribution is 2.35. The lowest BCUT2D eigenvalue weighted by Gasteiger charge is -2.34. The average molecular weight is 466 g/mol. The van der Waals surface area contributed by atoms with Crippen LogP contribution in [0.5, 0.6) is 11.5 Å². The highest BCUT2D eigenvalue weighted by atomic mass is 19.4. The van der Waals surface area contributed by atoms with Crippen LogP contribution in [0.3, 0.4) is 0 Å². The van der Waals surface area contributed by atoms with Gasteiger partial charge < -0.3 is 19.7 Å². The number of carbonyl (C=O) groups is 1. The van der Waals surface area contributed by atoms with Crippen LogP contribution in [0.4, 0.5) is 24.5 Å². The van der Waals surface area contributed by atoms with Crippen LogP contribution in [-0.2, 0) is 17.5 Å². The van der Waals surface area contributed by atoms with Gasteiger partial charge in [0.15, 0.2) is 11.5 Å². The van der Waals surface area contributed by atoms with Gasteiger partial charge in [0, 0.05) is 38.8 Å². The quantitative estimate of drug-likeness (QED) is 0.516. The molecule has 2 heterocycles. The van der Waals surface area contributed by atoms with Crippen molar-refractivity contribution in [3.05, 3.63) is 57.6 Å². The molecule has 4 rings (SSSR count). The Bertz CT molecular complexity index is 1050.